The summed E-state index contributed by atoms with van der Waals surface area (Å²) in [5, 5.41) is 9.08. The maximum atomic E-state index is 9.08. The highest BCUT2D eigenvalue weighted by Crippen LogP contribution is 2.20. The van der Waals surface area contributed by atoms with E-state index < -0.39 is 0 Å². The van der Waals surface area contributed by atoms with Gasteiger partial charge in [-0.25, -0.2) is 0 Å². The Hall–Kier alpha value is -0.710. The SMILES string of the molecule is COCCOCCSc1ccc(O)cc1. The molecular weight excluding hydrogens is 212 g/mol. The van der Waals surface area contributed by atoms with Crippen molar-refractivity contribution in [3.05, 3.63) is 24.3 Å². The zero-order chi connectivity index (χ0) is 10.9. The molecule has 84 valence electrons. The van der Waals surface area contributed by atoms with Crippen molar-refractivity contribution in [2.24, 2.45) is 0 Å². The number of aromatic hydroxyl groups is 1. The van der Waals surface area contributed by atoms with Gasteiger partial charge in [0.05, 0.1) is 19.8 Å². The molecule has 0 aliphatic rings. The molecule has 3 nitrogen and oxygen atoms in total. The minimum atomic E-state index is 0.302. The van der Waals surface area contributed by atoms with E-state index in [0.717, 1.165) is 17.3 Å². The van der Waals surface area contributed by atoms with Crippen LogP contribution in [0.25, 0.3) is 0 Å². The van der Waals surface area contributed by atoms with Gasteiger partial charge in [0.2, 0.25) is 0 Å². The minimum absolute atomic E-state index is 0.302. The van der Waals surface area contributed by atoms with E-state index in [1.54, 1.807) is 31.0 Å². The van der Waals surface area contributed by atoms with Gasteiger partial charge in [-0.15, -0.1) is 11.8 Å². The van der Waals surface area contributed by atoms with Crippen molar-refractivity contribution in [1.82, 2.24) is 0 Å². The molecule has 0 aliphatic heterocycles. The van der Waals surface area contributed by atoms with Crippen LogP contribution in [0.2, 0.25) is 0 Å². The maximum absolute atomic E-state index is 9.08. The highest BCUT2D eigenvalue weighted by molar-refractivity contribution is 7.99. The molecule has 0 aromatic heterocycles. The summed E-state index contributed by atoms with van der Waals surface area (Å²) in [4.78, 5) is 1.14. The van der Waals surface area contributed by atoms with Crippen LogP contribution >= 0.6 is 11.8 Å². The Morgan fingerprint density at radius 2 is 1.87 bits per heavy atom. The fourth-order valence-electron chi connectivity index (χ4n) is 1.01. The molecule has 1 N–H and O–H groups in total. The third-order valence-electron chi connectivity index (χ3n) is 1.76. The summed E-state index contributed by atoms with van der Waals surface area (Å²) in [5.74, 6) is 1.21. The molecule has 1 aromatic rings. The lowest BCUT2D eigenvalue weighted by Crippen LogP contribution is -2.04. The van der Waals surface area contributed by atoms with E-state index in [4.69, 9.17) is 14.6 Å². The van der Waals surface area contributed by atoms with Crippen LogP contribution in [0.1, 0.15) is 0 Å². The number of thioether (sulfide) groups is 1. The first kappa shape index (κ1) is 12.4. The number of hydrogen-bond acceptors (Lipinski definition) is 4. The van der Waals surface area contributed by atoms with E-state index >= 15 is 0 Å². The average molecular weight is 228 g/mol. The molecule has 0 saturated carbocycles. The number of methoxy groups -OCH3 is 1. The zero-order valence-electron chi connectivity index (χ0n) is 8.81. The van der Waals surface area contributed by atoms with E-state index in [-0.39, 0.29) is 0 Å². The Labute approximate surface area is 94.4 Å². The lowest BCUT2D eigenvalue weighted by atomic mass is 10.3. The third-order valence-corrected chi connectivity index (χ3v) is 2.74. The van der Waals surface area contributed by atoms with Gasteiger partial charge in [0.15, 0.2) is 0 Å². The Kier molecular flexibility index (Phi) is 6.23. The van der Waals surface area contributed by atoms with E-state index in [1.165, 1.54) is 0 Å². The smallest absolute Gasteiger partial charge is 0.115 e. The van der Waals surface area contributed by atoms with E-state index in [9.17, 15) is 0 Å². The molecule has 1 rings (SSSR count). The Balaban J connectivity index is 2.07. The van der Waals surface area contributed by atoms with Crippen molar-refractivity contribution in [3.8, 4) is 5.75 Å². The first-order valence-corrected chi connectivity index (χ1v) is 5.80. The predicted molar refractivity (Wildman–Crippen MR) is 61.5 cm³/mol. The second kappa shape index (κ2) is 7.56. The van der Waals surface area contributed by atoms with Gasteiger partial charge >= 0.3 is 0 Å². The standard InChI is InChI=1S/C11H16O3S/c1-13-6-7-14-8-9-15-11-4-2-10(12)3-5-11/h2-5,12H,6-9H2,1H3. The highest BCUT2D eigenvalue weighted by Gasteiger charge is 1.94. The number of phenols is 1. The van der Waals surface area contributed by atoms with Crippen molar-refractivity contribution in [2.45, 2.75) is 4.90 Å². The molecule has 0 spiro atoms. The Bertz CT molecular complexity index is 261. The van der Waals surface area contributed by atoms with Crippen molar-refractivity contribution in [1.29, 1.82) is 0 Å². The molecule has 0 aliphatic carbocycles. The van der Waals surface area contributed by atoms with Gasteiger partial charge in [0.25, 0.3) is 0 Å². The number of benzene rings is 1. The van der Waals surface area contributed by atoms with Crippen molar-refractivity contribution in [3.63, 3.8) is 0 Å². The summed E-state index contributed by atoms with van der Waals surface area (Å²) in [6.45, 7) is 2.01. The van der Waals surface area contributed by atoms with Crippen LogP contribution in [0.4, 0.5) is 0 Å². The van der Waals surface area contributed by atoms with Gasteiger partial charge in [-0.05, 0) is 24.3 Å². The van der Waals surface area contributed by atoms with Gasteiger partial charge in [0.1, 0.15) is 5.75 Å². The van der Waals surface area contributed by atoms with Crippen LogP contribution in [0.3, 0.4) is 0 Å². The van der Waals surface area contributed by atoms with Crippen LogP contribution in [-0.4, -0.2) is 37.8 Å². The van der Waals surface area contributed by atoms with Crippen molar-refractivity contribution >= 4 is 11.8 Å². The summed E-state index contributed by atoms with van der Waals surface area (Å²) in [6, 6.07) is 7.17. The number of ether oxygens (including phenoxy) is 2. The molecule has 0 radical (unpaired) electrons. The molecular formula is C11H16O3S. The summed E-state index contributed by atoms with van der Waals surface area (Å²) in [5.41, 5.74) is 0. The number of rotatable bonds is 7. The van der Waals surface area contributed by atoms with Gasteiger partial charge in [0, 0.05) is 17.8 Å². The molecule has 0 heterocycles. The third kappa shape index (κ3) is 5.67. The van der Waals surface area contributed by atoms with Crippen LogP contribution in [-0.2, 0) is 9.47 Å². The lowest BCUT2D eigenvalue weighted by molar-refractivity contribution is 0.0790. The molecule has 4 heteroatoms. The van der Waals surface area contributed by atoms with Gasteiger partial charge < -0.3 is 14.6 Å². The van der Waals surface area contributed by atoms with Crippen molar-refractivity contribution in [2.75, 3.05) is 32.7 Å². The fourth-order valence-corrected chi connectivity index (χ4v) is 1.77. The first-order valence-electron chi connectivity index (χ1n) is 4.81. The van der Waals surface area contributed by atoms with Gasteiger partial charge in [-0.3, -0.25) is 0 Å². The quantitative estimate of drug-likeness (QED) is 0.573. The predicted octanol–water partition coefficient (Wildman–Crippen LogP) is 2.15. The second-order valence-electron chi connectivity index (χ2n) is 2.95. The van der Waals surface area contributed by atoms with Gasteiger partial charge in [-0.1, -0.05) is 0 Å². The highest BCUT2D eigenvalue weighted by atomic mass is 32.2. The second-order valence-corrected chi connectivity index (χ2v) is 4.12. The number of hydrogen-bond donors (Lipinski definition) is 1. The van der Waals surface area contributed by atoms with Gasteiger partial charge in [-0.2, -0.15) is 0 Å². The monoisotopic (exact) mass is 228 g/mol. The maximum Gasteiger partial charge on any atom is 0.115 e. The summed E-state index contributed by atoms with van der Waals surface area (Å²) in [6.07, 6.45) is 0. The van der Waals surface area contributed by atoms with Crippen LogP contribution < -0.4 is 0 Å². The summed E-state index contributed by atoms with van der Waals surface area (Å²) < 4.78 is 10.2. The lowest BCUT2D eigenvalue weighted by Gasteiger charge is -2.03. The van der Waals surface area contributed by atoms with Crippen molar-refractivity contribution < 1.29 is 14.6 Å². The Morgan fingerprint density at radius 3 is 2.53 bits per heavy atom. The summed E-state index contributed by atoms with van der Waals surface area (Å²) >= 11 is 1.71. The first-order chi connectivity index (χ1) is 7.33. The molecule has 0 saturated heterocycles. The topological polar surface area (TPSA) is 38.7 Å². The normalized spacial score (nSPS) is 10.5. The number of phenolic OH excluding ortho intramolecular Hbond substituents is 1. The fraction of sp³-hybridized carbons (Fsp3) is 0.455. The molecule has 0 fully saturated rings. The molecule has 15 heavy (non-hydrogen) atoms. The molecule has 0 unspecified atom stereocenters. The van der Waals surface area contributed by atoms with Crippen LogP contribution in [0, 0.1) is 0 Å². The minimum Gasteiger partial charge on any atom is -0.508 e. The van der Waals surface area contributed by atoms with Crippen LogP contribution in [0.5, 0.6) is 5.75 Å². The molecule has 1 aromatic carbocycles. The van der Waals surface area contributed by atoms with E-state index in [2.05, 4.69) is 0 Å². The Morgan fingerprint density at radius 1 is 1.13 bits per heavy atom. The molecule has 0 bridgehead atoms. The van der Waals surface area contributed by atoms with E-state index in [0.29, 0.717) is 19.0 Å². The van der Waals surface area contributed by atoms with Crippen LogP contribution in [0.15, 0.2) is 29.2 Å². The van der Waals surface area contributed by atoms with E-state index in [1.807, 2.05) is 12.1 Å². The molecule has 0 amide bonds. The summed E-state index contributed by atoms with van der Waals surface area (Å²) in [7, 11) is 1.66. The largest absolute Gasteiger partial charge is 0.508 e. The molecule has 0 atom stereocenters. The zero-order valence-corrected chi connectivity index (χ0v) is 9.63. The average Bonchev–Trinajstić information content (AvgIpc) is 2.26.